The molecule has 0 saturated heterocycles. The van der Waals surface area contributed by atoms with Crippen LogP contribution in [0.15, 0.2) is 54.7 Å². The van der Waals surface area contributed by atoms with Crippen LogP contribution in [-0.2, 0) is 6.54 Å². The second-order valence-electron chi connectivity index (χ2n) is 4.68. The van der Waals surface area contributed by atoms with Gasteiger partial charge in [0.15, 0.2) is 5.78 Å². The Morgan fingerprint density at radius 1 is 1.15 bits per heavy atom. The lowest BCUT2D eigenvalue weighted by atomic mass is 10.0. The fraction of sp³-hybridized carbons (Fsp3) is 0.118. The zero-order valence-electron chi connectivity index (χ0n) is 11.1. The molecule has 0 amide bonds. The Morgan fingerprint density at radius 2 is 1.95 bits per heavy atom. The molecule has 0 bridgehead atoms. The molecular formula is C17H14ClNO. The molecule has 2 nitrogen and oxygen atoms in total. The second kappa shape index (κ2) is 5.14. The summed E-state index contributed by atoms with van der Waals surface area (Å²) < 4.78 is 2.09. The zero-order valence-corrected chi connectivity index (χ0v) is 11.9. The van der Waals surface area contributed by atoms with E-state index >= 15 is 0 Å². The molecule has 0 radical (unpaired) electrons. The summed E-state index contributed by atoms with van der Waals surface area (Å²) in [4.78, 5) is 12.7. The van der Waals surface area contributed by atoms with Crippen molar-refractivity contribution < 1.29 is 4.79 Å². The van der Waals surface area contributed by atoms with E-state index in [1.54, 1.807) is 24.3 Å². The summed E-state index contributed by atoms with van der Waals surface area (Å²) in [5, 5.41) is 1.66. The van der Waals surface area contributed by atoms with E-state index in [4.69, 9.17) is 11.6 Å². The number of carbonyl (C=O) groups is 1. The van der Waals surface area contributed by atoms with Gasteiger partial charge in [-0.3, -0.25) is 4.79 Å². The molecule has 1 heterocycles. The van der Waals surface area contributed by atoms with E-state index in [-0.39, 0.29) is 5.78 Å². The predicted molar refractivity (Wildman–Crippen MR) is 82.5 cm³/mol. The van der Waals surface area contributed by atoms with Crippen LogP contribution in [0.1, 0.15) is 22.8 Å². The number of para-hydroxylation sites is 1. The lowest BCUT2D eigenvalue weighted by Crippen LogP contribution is -2.05. The summed E-state index contributed by atoms with van der Waals surface area (Å²) in [5.74, 6) is 0.00602. The molecular weight excluding hydrogens is 270 g/mol. The molecule has 1 aromatic heterocycles. The van der Waals surface area contributed by atoms with Crippen LogP contribution in [0.25, 0.3) is 10.9 Å². The van der Waals surface area contributed by atoms with Crippen LogP contribution < -0.4 is 0 Å². The highest BCUT2D eigenvalue weighted by molar-refractivity contribution is 6.31. The lowest BCUT2D eigenvalue weighted by molar-refractivity contribution is 0.104. The summed E-state index contributed by atoms with van der Waals surface area (Å²) >= 11 is 5.97. The lowest BCUT2D eigenvalue weighted by Gasteiger charge is -2.07. The van der Waals surface area contributed by atoms with Crippen molar-refractivity contribution in [3.63, 3.8) is 0 Å². The smallest absolute Gasteiger partial charge is 0.195 e. The van der Waals surface area contributed by atoms with Crippen LogP contribution >= 0.6 is 11.6 Å². The van der Waals surface area contributed by atoms with Crippen molar-refractivity contribution in [2.75, 3.05) is 0 Å². The maximum Gasteiger partial charge on any atom is 0.195 e. The number of fused-ring (bicyclic) bond motifs is 1. The molecule has 2 aromatic carbocycles. The number of carbonyl (C=O) groups excluding carboxylic acids is 1. The van der Waals surface area contributed by atoms with Gasteiger partial charge >= 0.3 is 0 Å². The number of rotatable bonds is 3. The van der Waals surface area contributed by atoms with Gasteiger partial charge in [-0.25, -0.2) is 0 Å². The molecule has 0 N–H and O–H groups in total. The minimum absolute atomic E-state index is 0.00602. The van der Waals surface area contributed by atoms with Crippen LogP contribution in [0.3, 0.4) is 0 Å². The number of ketones is 1. The molecule has 0 saturated carbocycles. The van der Waals surface area contributed by atoms with Crippen molar-refractivity contribution in [3.05, 3.63) is 70.9 Å². The first-order chi connectivity index (χ1) is 9.70. The maximum absolute atomic E-state index is 12.7. The molecule has 0 aliphatic rings. The Balaban J connectivity index is 2.19. The summed E-state index contributed by atoms with van der Waals surface area (Å²) in [6, 6.07) is 14.9. The van der Waals surface area contributed by atoms with Crippen molar-refractivity contribution >= 4 is 28.3 Å². The topological polar surface area (TPSA) is 22.0 Å². The normalized spacial score (nSPS) is 10.9. The largest absolute Gasteiger partial charge is 0.347 e. The highest BCUT2D eigenvalue weighted by atomic mass is 35.5. The van der Waals surface area contributed by atoms with Gasteiger partial charge in [0.1, 0.15) is 0 Å². The third-order valence-corrected chi connectivity index (χ3v) is 3.70. The quantitative estimate of drug-likeness (QED) is 0.647. The number of halogens is 1. The van der Waals surface area contributed by atoms with E-state index in [1.165, 1.54) is 0 Å². The highest BCUT2D eigenvalue weighted by Gasteiger charge is 2.15. The van der Waals surface area contributed by atoms with Gasteiger partial charge in [0.25, 0.3) is 0 Å². The van der Waals surface area contributed by atoms with Crippen LogP contribution in [0, 0.1) is 0 Å². The summed E-state index contributed by atoms with van der Waals surface area (Å²) in [7, 11) is 0. The van der Waals surface area contributed by atoms with Gasteiger partial charge in [-0.1, -0.05) is 35.9 Å². The van der Waals surface area contributed by atoms with Crippen LogP contribution in [0.4, 0.5) is 0 Å². The van der Waals surface area contributed by atoms with E-state index in [0.717, 1.165) is 23.0 Å². The molecule has 3 aromatic rings. The van der Waals surface area contributed by atoms with E-state index in [1.807, 2.05) is 30.5 Å². The molecule has 0 spiro atoms. The van der Waals surface area contributed by atoms with Crippen molar-refractivity contribution in [2.45, 2.75) is 13.5 Å². The zero-order chi connectivity index (χ0) is 14.1. The van der Waals surface area contributed by atoms with Crippen molar-refractivity contribution in [1.29, 1.82) is 0 Å². The molecule has 100 valence electrons. The Kier molecular flexibility index (Phi) is 3.33. The van der Waals surface area contributed by atoms with Gasteiger partial charge in [-0.15, -0.1) is 0 Å². The number of benzene rings is 2. The predicted octanol–water partition coefficient (Wildman–Crippen LogP) is 4.55. The van der Waals surface area contributed by atoms with E-state index in [2.05, 4.69) is 11.5 Å². The van der Waals surface area contributed by atoms with Gasteiger partial charge in [-0.2, -0.15) is 0 Å². The first-order valence-corrected chi connectivity index (χ1v) is 6.96. The van der Waals surface area contributed by atoms with Crippen LogP contribution in [-0.4, -0.2) is 10.4 Å². The molecule has 3 rings (SSSR count). The fourth-order valence-electron chi connectivity index (χ4n) is 2.49. The van der Waals surface area contributed by atoms with E-state index < -0.39 is 0 Å². The summed E-state index contributed by atoms with van der Waals surface area (Å²) in [6.07, 6.45) is 2.01. The van der Waals surface area contributed by atoms with Crippen molar-refractivity contribution in [3.8, 4) is 0 Å². The van der Waals surface area contributed by atoms with Gasteiger partial charge in [0.05, 0.1) is 5.52 Å². The minimum atomic E-state index is 0.00602. The van der Waals surface area contributed by atoms with E-state index in [0.29, 0.717) is 10.6 Å². The monoisotopic (exact) mass is 283 g/mol. The fourth-order valence-corrected chi connectivity index (χ4v) is 2.68. The van der Waals surface area contributed by atoms with Crippen molar-refractivity contribution in [1.82, 2.24) is 4.57 Å². The Labute approximate surface area is 122 Å². The summed E-state index contributed by atoms with van der Waals surface area (Å²) in [5.41, 5.74) is 2.32. The Bertz CT molecular complexity index is 789. The second-order valence-corrected chi connectivity index (χ2v) is 5.12. The molecule has 0 atom stereocenters. The molecule has 0 fully saturated rings. The standard InChI is InChI=1S/C17H14ClNO/c1-2-19-10-9-12-5-4-8-15(16(12)19)17(20)13-6-3-7-14(18)11-13/h3-11H,2H2,1H3. The van der Waals surface area contributed by atoms with E-state index in [9.17, 15) is 4.79 Å². The molecule has 0 aliphatic carbocycles. The average Bonchev–Trinajstić information content (AvgIpc) is 2.89. The van der Waals surface area contributed by atoms with Gasteiger partial charge in [-0.05, 0) is 31.2 Å². The molecule has 20 heavy (non-hydrogen) atoms. The number of hydrogen-bond donors (Lipinski definition) is 0. The number of aromatic nitrogens is 1. The maximum atomic E-state index is 12.7. The third kappa shape index (κ3) is 2.12. The number of nitrogens with zero attached hydrogens (tertiary/aromatic N) is 1. The Morgan fingerprint density at radius 3 is 2.70 bits per heavy atom. The first kappa shape index (κ1) is 12.9. The minimum Gasteiger partial charge on any atom is -0.347 e. The highest BCUT2D eigenvalue weighted by Crippen LogP contribution is 2.23. The average molecular weight is 284 g/mol. The van der Waals surface area contributed by atoms with Gasteiger partial charge < -0.3 is 4.57 Å². The third-order valence-electron chi connectivity index (χ3n) is 3.46. The van der Waals surface area contributed by atoms with Crippen LogP contribution in [0.2, 0.25) is 5.02 Å². The Hall–Kier alpha value is -2.06. The molecule has 0 aliphatic heterocycles. The van der Waals surface area contributed by atoms with Gasteiger partial charge in [0.2, 0.25) is 0 Å². The molecule has 0 unspecified atom stereocenters. The number of hydrogen-bond acceptors (Lipinski definition) is 1. The molecule has 3 heteroatoms. The van der Waals surface area contributed by atoms with Gasteiger partial charge in [0, 0.05) is 34.3 Å². The summed E-state index contributed by atoms with van der Waals surface area (Å²) in [6.45, 7) is 2.91. The first-order valence-electron chi connectivity index (χ1n) is 6.59. The SMILES string of the molecule is CCn1ccc2cccc(C(=O)c3cccc(Cl)c3)c21. The van der Waals surface area contributed by atoms with Crippen molar-refractivity contribution in [2.24, 2.45) is 0 Å². The number of aryl methyl sites for hydroxylation is 1. The van der Waals surface area contributed by atoms with Crippen LogP contribution in [0.5, 0.6) is 0 Å².